The van der Waals surface area contributed by atoms with Gasteiger partial charge >= 0.3 is 0 Å². The Hall–Kier alpha value is -2.63. The minimum Gasteiger partial charge on any atom is -0.494 e. The average molecular weight is 290 g/mol. The van der Waals surface area contributed by atoms with E-state index in [9.17, 15) is 14.5 Å². The van der Waals surface area contributed by atoms with Crippen molar-refractivity contribution in [3.63, 3.8) is 0 Å². The second kappa shape index (κ2) is 6.21. The normalized spacial score (nSPS) is 10.2. The molecule has 0 unspecified atom stereocenters. The monoisotopic (exact) mass is 290 g/mol. The van der Waals surface area contributed by atoms with Gasteiger partial charge in [-0.1, -0.05) is 18.2 Å². The first-order chi connectivity index (χ1) is 10.0. The highest BCUT2D eigenvalue weighted by Gasteiger charge is 2.16. The van der Waals surface area contributed by atoms with Gasteiger partial charge in [0.25, 0.3) is 5.69 Å². The highest BCUT2D eigenvalue weighted by Crippen LogP contribution is 2.28. The number of hydrogen-bond acceptors (Lipinski definition) is 4. The molecular formula is C15H15FN2O3. The maximum Gasteiger partial charge on any atom is 0.292 e. The van der Waals surface area contributed by atoms with Crippen molar-refractivity contribution in [2.24, 2.45) is 0 Å². The van der Waals surface area contributed by atoms with Gasteiger partial charge in [0.05, 0.1) is 12.0 Å². The summed E-state index contributed by atoms with van der Waals surface area (Å²) in [5.41, 5.74) is 1.21. The second-order valence-corrected chi connectivity index (χ2v) is 4.57. The molecular weight excluding hydrogens is 275 g/mol. The summed E-state index contributed by atoms with van der Waals surface area (Å²) in [6.45, 7) is 0.353. The molecule has 0 heterocycles. The fourth-order valence-corrected chi connectivity index (χ4v) is 2.11. The molecule has 0 amide bonds. The van der Waals surface area contributed by atoms with Crippen LogP contribution in [0.4, 0.5) is 15.8 Å². The number of halogens is 1. The number of nitro groups is 1. The molecule has 0 spiro atoms. The average Bonchev–Trinajstić information content (AvgIpc) is 2.47. The number of rotatable bonds is 5. The van der Waals surface area contributed by atoms with Crippen LogP contribution >= 0.6 is 0 Å². The Morgan fingerprint density at radius 3 is 2.62 bits per heavy atom. The molecule has 110 valence electrons. The predicted molar refractivity (Wildman–Crippen MR) is 78.2 cm³/mol. The van der Waals surface area contributed by atoms with Crippen molar-refractivity contribution in [2.75, 3.05) is 19.1 Å². The predicted octanol–water partition coefficient (Wildman–Crippen LogP) is 3.38. The van der Waals surface area contributed by atoms with E-state index in [4.69, 9.17) is 4.74 Å². The van der Waals surface area contributed by atoms with Crippen LogP contribution in [0.5, 0.6) is 5.75 Å². The van der Waals surface area contributed by atoms with Crippen LogP contribution in [0.1, 0.15) is 5.56 Å². The van der Waals surface area contributed by atoms with Gasteiger partial charge in [-0.05, 0) is 23.8 Å². The first-order valence-electron chi connectivity index (χ1n) is 6.30. The van der Waals surface area contributed by atoms with Gasteiger partial charge in [-0.25, -0.2) is 4.39 Å². The van der Waals surface area contributed by atoms with E-state index in [1.807, 2.05) is 0 Å². The van der Waals surface area contributed by atoms with Crippen molar-refractivity contribution >= 4 is 11.4 Å². The Morgan fingerprint density at radius 2 is 2.00 bits per heavy atom. The molecule has 0 N–H and O–H groups in total. The molecule has 0 atom stereocenters. The lowest BCUT2D eigenvalue weighted by Crippen LogP contribution is -2.17. The Morgan fingerprint density at radius 1 is 1.29 bits per heavy atom. The SMILES string of the molecule is COc1ccc(CN(C)c2ccccc2[N+](=O)[O-])cc1F. The van der Waals surface area contributed by atoms with Crippen molar-refractivity contribution < 1.29 is 14.1 Å². The van der Waals surface area contributed by atoms with Crippen LogP contribution in [0.2, 0.25) is 0 Å². The van der Waals surface area contributed by atoms with E-state index in [0.717, 1.165) is 0 Å². The molecule has 0 aliphatic carbocycles. The third-order valence-electron chi connectivity index (χ3n) is 3.13. The number of hydrogen-bond donors (Lipinski definition) is 0. The van der Waals surface area contributed by atoms with Crippen LogP contribution in [-0.4, -0.2) is 19.1 Å². The molecule has 0 aliphatic heterocycles. The van der Waals surface area contributed by atoms with E-state index in [1.54, 1.807) is 36.2 Å². The summed E-state index contributed by atoms with van der Waals surface area (Å²) in [5.74, 6) is -0.280. The summed E-state index contributed by atoms with van der Waals surface area (Å²) >= 11 is 0. The summed E-state index contributed by atoms with van der Waals surface area (Å²) in [6, 6.07) is 11.1. The minimum absolute atomic E-state index is 0.0222. The van der Waals surface area contributed by atoms with Crippen molar-refractivity contribution in [2.45, 2.75) is 6.54 Å². The van der Waals surface area contributed by atoms with Crippen LogP contribution < -0.4 is 9.64 Å². The van der Waals surface area contributed by atoms with Crippen molar-refractivity contribution in [1.82, 2.24) is 0 Å². The van der Waals surface area contributed by atoms with Crippen LogP contribution in [-0.2, 0) is 6.54 Å². The zero-order chi connectivity index (χ0) is 15.4. The fraction of sp³-hybridized carbons (Fsp3) is 0.200. The molecule has 0 aliphatic rings. The fourth-order valence-electron chi connectivity index (χ4n) is 2.11. The third kappa shape index (κ3) is 3.28. The quantitative estimate of drug-likeness (QED) is 0.625. The van der Waals surface area contributed by atoms with E-state index >= 15 is 0 Å². The van der Waals surface area contributed by atoms with Gasteiger partial charge in [-0.2, -0.15) is 0 Å². The standard InChI is InChI=1S/C15H15FN2O3/c1-17(13-5-3-4-6-14(13)18(19)20)10-11-7-8-15(21-2)12(16)9-11/h3-9H,10H2,1-2H3. The maximum atomic E-state index is 13.7. The van der Waals surface area contributed by atoms with Gasteiger partial charge in [-0.15, -0.1) is 0 Å². The molecule has 0 bridgehead atoms. The van der Waals surface area contributed by atoms with Crippen molar-refractivity contribution in [3.8, 4) is 5.75 Å². The molecule has 2 aromatic carbocycles. The lowest BCUT2D eigenvalue weighted by molar-refractivity contribution is -0.384. The number of para-hydroxylation sites is 2. The lowest BCUT2D eigenvalue weighted by atomic mass is 10.1. The summed E-state index contributed by atoms with van der Waals surface area (Å²) in [6.07, 6.45) is 0. The number of nitrogens with zero attached hydrogens (tertiary/aromatic N) is 2. The molecule has 0 radical (unpaired) electrons. The number of nitro benzene ring substituents is 1. The Labute approximate surface area is 121 Å². The number of methoxy groups -OCH3 is 1. The number of anilines is 1. The van der Waals surface area contributed by atoms with E-state index < -0.39 is 10.7 Å². The van der Waals surface area contributed by atoms with E-state index in [-0.39, 0.29) is 11.4 Å². The zero-order valence-electron chi connectivity index (χ0n) is 11.7. The van der Waals surface area contributed by atoms with Gasteiger partial charge in [0.2, 0.25) is 0 Å². The zero-order valence-corrected chi connectivity index (χ0v) is 11.7. The summed E-state index contributed by atoms with van der Waals surface area (Å²) < 4.78 is 18.5. The summed E-state index contributed by atoms with van der Waals surface area (Å²) in [4.78, 5) is 12.3. The lowest BCUT2D eigenvalue weighted by Gasteiger charge is -2.19. The van der Waals surface area contributed by atoms with E-state index in [0.29, 0.717) is 17.8 Å². The van der Waals surface area contributed by atoms with Crippen LogP contribution in [0, 0.1) is 15.9 Å². The number of ether oxygens (including phenoxy) is 1. The van der Waals surface area contributed by atoms with Gasteiger partial charge in [0, 0.05) is 19.7 Å². The van der Waals surface area contributed by atoms with E-state index in [1.165, 1.54) is 25.3 Å². The molecule has 0 saturated carbocycles. The number of benzene rings is 2. The van der Waals surface area contributed by atoms with Gasteiger partial charge in [-0.3, -0.25) is 10.1 Å². The van der Waals surface area contributed by atoms with Crippen LogP contribution in [0.3, 0.4) is 0 Å². The van der Waals surface area contributed by atoms with E-state index in [2.05, 4.69) is 0 Å². The maximum absolute atomic E-state index is 13.7. The van der Waals surface area contributed by atoms with Crippen LogP contribution in [0.25, 0.3) is 0 Å². The van der Waals surface area contributed by atoms with Gasteiger partial charge in [0.1, 0.15) is 5.69 Å². The van der Waals surface area contributed by atoms with Crippen LogP contribution in [0.15, 0.2) is 42.5 Å². The Bertz CT molecular complexity index is 661. The van der Waals surface area contributed by atoms with Gasteiger partial charge < -0.3 is 9.64 Å². The molecule has 5 nitrogen and oxygen atoms in total. The topological polar surface area (TPSA) is 55.6 Å². The second-order valence-electron chi connectivity index (χ2n) is 4.57. The molecule has 0 aromatic heterocycles. The molecule has 21 heavy (non-hydrogen) atoms. The Kier molecular flexibility index (Phi) is 4.37. The molecule has 2 rings (SSSR count). The highest BCUT2D eigenvalue weighted by molar-refractivity contribution is 5.62. The Balaban J connectivity index is 2.24. The van der Waals surface area contributed by atoms with Crippen molar-refractivity contribution in [3.05, 3.63) is 64.0 Å². The minimum atomic E-state index is -0.453. The van der Waals surface area contributed by atoms with Crippen molar-refractivity contribution in [1.29, 1.82) is 0 Å². The summed E-state index contributed by atoms with van der Waals surface area (Å²) in [5, 5.41) is 11.0. The molecule has 6 heteroatoms. The first kappa shape index (κ1) is 14.8. The smallest absolute Gasteiger partial charge is 0.292 e. The molecule has 2 aromatic rings. The third-order valence-corrected chi connectivity index (χ3v) is 3.13. The molecule has 0 fully saturated rings. The molecule has 0 saturated heterocycles. The summed E-state index contributed by atoms with van der Waals surface area (Å²) in [7, 11) is 3.13. The largest absolute Gasteiger partial charge is 0.494 e. The highest BCUT2D eigenvalue weighted by atomic mass is 19.1. The first-order valence-corrected chi connectivity index (χ1v) is 6.30. The van der Waals surface area contributed by atoms with Gasteiger partial charge in [0.15, 0.2) is 11.6 Å².